The molecule has 0 aliphatic rings. The van der Waals surface area contributed by atoms with Gasteiger partial charge in [-0.25, -0.2) is 4.39 Å². The first-order valence-electron chi connectivity index (χ1n) is 8.30. The lowest BCUT2D eigenvalue weighted by Crippen LogP contribution is -2.42. The third-order valence-electron chi connectivity index (χ3n) is 3.67. The Morgan fingerprint density at radius 3 is 2.37 bits per heavy atom. The number of amides is 2. The molecule has 0 atom stereocenters. The maximum absolute atomic E-state index is 12.8. The second kappa shape index (κ2) is 8.70. The van der Waals surface area contributed by atoms with Crippen molar-refractivity contribution in [1.29, 1.82) is 0 Å². The summed E-state index contributed by atoms with van der Waals surface area (Å²) >= 11 is 0. The molecule has 1 aromatic heterocycles. The van der Waals surface area contributed by atoms with Gasteiger partial charge in [-0.15, -0.1) is 10.2 Å². The summed E-state index contributed by atoms with van der Waals surface area (Å²) in [6.45, 7) is 0. The maximum Gasteiger partial charge on any atom is 0.247 e. The average molecular weight is 368 g/mol. The third kappa shape index (κ3) is 5.46. The fourth-order valence-corrected chi connectivity index (χ4v) is 2.31. The summed E-state index contributed by atoms with van der Waals surface area (Å²) in [5.41, 5.74) is 6.08. The second-order valence-corrected chi connectivity index (χ2v) is 5.77. The fourth-order valence-electron chi connectivity index (χ4n) is 2.31. The topological polar surface area (TPSA) is 97.1 Å². The first kappa shape index (κ1) is 18.2. The molecule has 0 saturated carbocycles. The van der Waals surface area contributed by atoms with Crippen LogP contribution in [-0.2, 0) is 22.4 Å². The molecule has 0 fully saturated rings. The number of carbonyl (C=O) groups is 2. The Morgan fingerprint density at radius 1 is 0.926 bits per heavy atom. The largest absolute Gasteiger partial charge is 0.421 e. The highest BCUT2D eigenvalue weighted by molar-refractivity contribution is 5.83. The van der Waals surface area contributed by atoms with E-state index in [0.29, 0.717) is 17.3 Å². The van der Waals surface area contributed by atoms with E-state index in [1.807, 2.05) is 30.3 Å². The summed E-state index contributed by atoms with van der Waals surface area (Å²) in [7, 11) is 0. The molecule has 0 unspecified atom stereocenters. The van der Waals surface area contributed by atoms with Crippen molar-refractivity contribution in [3.63, 3.8) is 0 Å². The van der Waals surface area contributed by atoms with Gasteiger partial charge >= 0.3 is 0 Å². The Kier molecular flexibility index (Phi) is 5.88. The molecule has 27 heavy (non-hydrogen) atoms. The van der Waals surface area contributed by atoms with E-state index >= 15 is 0 Å². The minimum atomic E-state index is -0.404. The lowest BCUT2D eigenvalue weighted by molar-refractivity contribution is -0.128. The quantitative estimate of drug-likeness (QED) is 0.650. The molecule has 2 aromatic carbocycles. The fraction of sp³-hybridized carbons (Fsp3) is 0.158. The standard InChI is InChI=1S/C19H17FN4O3/c20-15-8-6-13(7-9-15)12-17(26)22-21-16(25)10-11-18-23-24-19(27-18)14-4-2-1-3-5-14/h1-9H,10-12H2,(H,21,25)(H,22,26). The predicted molar refractivity (Wildman–Crippen MR) is 94.4 cm³/mol. The van der Waals surface area contributed by atoms with Crippen LogP contribution in [-0.4, -0.2) is 22.0 Å². The summed E-state index contributed by atoms with van der Waals surface area (Å²) in [5.74, 6) is -0.440. The van der Waals surface area contributed by atoms with Crippen molar-refractivity contribution in [3.05, 3.63) is 71.9 Å². The highest BCUT2D eigenvalue weighted by Gasteiger charge is 2.11. The number of aryl methyl sites for hydroxylation is 1. The third-order valence-corrected chi connectivity index (χ3v) is 3.67. The molecule has 2 N–H and O–H groups in total. The number of aromatic nitrogens is 2. The molecule has 0 aliphatic heterocycles. The van der Waals surface area contributed by atoms with Crippen LogP contribution in [0.4, 0.5) is 4.39 Å². The molecule has 0 spiro atoms. The first-order valence-corrected chi connectivity index (χ1v) is 8.30. The van der Waals surface area contributed by atoms with E-state index in [0.717, 1.165) is 5.56 Å². The Balaban J connectivity index is 1.41. The Bertz CT molecular complexity index is 910. The van der Waals surface area contributed by atoms with Crippen molar-refractivity contribution in [1.82, 2.24) is 21.0 Å². The molecule has 3 aromatic rings. The molecule has 3 rings (SSSR count). The van der Waals surface area contributed by atoms with Crippen LogP contribution in [0.3, 0.4) is 0 Å². The normalized spacial score (nSPS) is 10.4. The van der Waals surface area contributed by atoms with Gasteiger partial charge in [-0.1, -0.05) is 30.3 Å². The van der Waals surface area contributed by atoms with Crippen LogP contribution in [0.2, 0.25) is 0 Å². The van der Waals surface area contributed by atoms with Gasteiger partial charge in [0, 0.05) is 18.4 Å². The Morgan fingerprint density at radius 2 is 1.63 bits per heavy atom. The van der Waals surface area contributed by atoms with E-state index in [4.69, 9.17) is 4.42 Å². The van der Waals surface area contributed by atoms with Gasteiger partial charge < -0.3 is 4.42 Å². The first-order chi connectivity index (χ1) is 13.1. The molecule has 7 nitrogen and oxygen atoms in total. The van der Waals surface area contributed by atoms with E-state index in [1.54, 1.807) is 0 Å². The van der Waals surface area contributed by atoms with Gasteiger partial charge in [-0.2, -0.15) is 0 Å². The van der Waals surface area contributed by atoms with Crippen LogP contribution < -0.4 is 10.9 Å². The van der Waals surface area contributed by atoms with Crippen molar-refractivity contribution in [3.8, 4) is 11.5 Å². The van der Waals surface area contributed by atoms with E-state index in [-0.39, 0.29) is 31.0 Å². The summed E-state index contributed by atoms with van der Waals surface area (Å²) in [4.78, 5) is 23.6. The number of nitrogens with zero attached hydrogens (tertiary/aromatic N) is 2. The molecular weight excluding hydrogens is 351 g/mol. The zero-order valence-corrected chi connectivity index (χ0v) is 14.3. The minimum Gasteiger partial charge on any atom is -0.421 e. The number of carbonyl (C=O) groups excluding carboxylic acids is 2. The van der Waals surface area contributed by atoms with Crippen molar-refractivity contribution >= 4 is 11.8 Å². The number of hydrogen-bond acceptors (Lipinski definition) is 5. The highest BCUT2D eigenvalue weighted by atomic mass is 19.1. The molecular formula is C19H17FN4O3. The SMILES string of the molecule is O=C(CCc1nnc(-c2ccccc2)o1)NNC(=O)Cc1ccc(F)cc1. The summed E-state index contributed by atoms with van der Waals surface area (Å²) in [6.07, 6.45) is 0.359. The van der Waals surface area contributed by atoms with Gasteiger partial charge in [-0.3, -0.25) is 20.4 Å². The van der Waals surface area contributed by atoms with E-state index < -0.39 is 5.91 Å². The molecule has 8 heteroatoms. The van der Waals surface area contributed by atoms with Crippen molar-refractivity contribution < 1.29 is 18.4 Å². The number of benzene rings is 2. The summed E-state index contributed by atoms with van der Waals surface area (Å²) in [5, 5.41) is 7.85. The zero-order chi connectivity index (χ0) is 19.1. The van der Waals surface area contributed by atoms with Gasteiger partial charge in [0.25, 0.3) is 0 Å². The van der Waals surface area contributed by atoms with Gasteiger partial charge in [0.2, 0.25) is 23.6 Å². The van der Waals surface area contributed by atoms with Gasteiger partial charge in [0.15, 0.2) is 0 Å². The van der Waals surface area contributed by atoms with Crippen LogP contribution in [0.25, 0.3) is 11.5 Å². The van der Waals surface area contributed by atoms with Gasteiger partial charge in [0.05, 0.1) is 6.42 Å². The van der Waals surface area contributed by atoms with Crippen LogP contribution in [0, 0.1) is 5.82 Å². The molecule has 0 aliphatic carbocycles. The maximum atomic E-state index is 12.8. The van der Waals surface area contributed by atoms with Gasteiger partial charge in [0.1, 0.15) is 5.82 Å². The predicted octanol–water partition coefficient (Wildman–Crippen LogP) is 2.20. The lowest BCUT2D eigenvalue weighted by atomic mass is 10.1. The number of rotatable bonds is 6. The van der Waals surface area contributed by atoms with Crippen molar-refractivity contribution in [2.75, 3.05) is 0 Å². The molecule has 2 amide bonds. The minimum absolute atomic E-state index is 0.0324. The van der Waals surface area contributed by atoms with Crippen molar-refractivity contribution in [2.24, 2.45) is 0 Å². The summed E-state index contributed by atoms with van der Waals surface area (Å²) < 4.78 is 18.3. The molecule has 0 bridgehead atoms. The number of halogens is 1. The van der Waals surface area contributed by atoms with Crippen LogP contribution >= 0.6 is 0 Å². The zero-order valence-electron chi connectivity index (χ0n) is 14.3. The van der Waals surface area contributed by atoms with Crippen LogP contribution in [0.5, 0.6) is 0 Å². The average Bonchev–Trinajstić information content (AvgIpc) is 3.16. The van der Waals surface area contributed by atoms with E-state index in [2.05, 4.69) is 21.0 Å². The number of nitrogens with one attached hydrogen (secondary N) is 2. The van der Waals surface area contributed by atoms with Gasteiger partial charge in [-0.05, 0) is 29.8 Å². The van der Waals surface area contributed by atoms with E-state index in [9.17, 15) is 14.0 Å². The molecule has 138 valence electrons. The summed E-state index contributed by atoms with van der Waals surface area (Å²) in [6, 6.07) is 14.9. The Labute approximate surface area is 154 Å². The number of hydrogen-bond donors (Lipinski definition) is 2. The Hall–Kier alpha value is -3.55. The molecule has 1 heterocycles. The monoisotopic (exact) mass is 368 g/mol. The van der Waals surface area contributed by atoms with Crippen LogP contribution in [0.1, 0.15) is 17.9 Å². The number of hydrazine groups is 1. The lowest BCUT2D eigenvalue weighted by Gasteiger charge is -2.06. The molecule has 0 saturated heterocycles. The van der Waals surface area contributed by atoms with E-state index in [1.165, 1.54) is 24.3 Å². The smallest absolute Gasteiger partial charge is 0.247 e. The second-order valence-electron chi connectivity index (χ2n) is 5.77. The van der Waals surface area contributed by atoms with Crippen LogP contribution in [0.15, 0.2) is 59.0 Å². The highest BCUT2D eigenvalue weighted by Crippen LogP contribution is 2.17. The molecule has 0 radical (unpaired) electrons. The van der Waals surface area contributed by atoms with Crippen molar-refractivity contribution in [2.45, 2.75) is 19.3 Å².